The predicted octanol–water partition coefficient (Wildman–Crippen LogP) is 2.55. The van der Waals surface area contributed by atoms with Gasteiger partial charge in [0, 0.05) is 24.2 Å². The minimum Gasteiger partial charge on any atom is -0.507 e. The number of benzene rings is 1. The van der Waals surface area contributed by atoms with Crippen LogP contribution in [0.5, 0.6) is 17.2 Å². The smallest absolute Gasteiger partial charge is 0.390 e. The molecule has 2 N–H and O–H groups in total. The molecule has 0 saturated heterocycles. The van der Waals surface area contributed by atoms with Gasteiger partial charge in [-0.2, -0.15) is 13.2 Å². The van der Waals surface area contributed by atoms with E-state index in [-0.39, 0.29) is 19.1 Å². The molecule has 1 aromatic rings. The monoisotopic (exact) mass is 277 g/mol. The topological polar surface area (TPSA) is 50.7 Å². The first-order valence-electron chi connectivity index (χ1n) is 5.77. The van der Waals surface area contributed by atoms with Crippen LogP contribution in [0.2, 0.25) is 0 Å². The van der Waals surface area contributed by atoms with Gasteiger partial charge in [-0.3, -0.25) is 0 Å². The lowest BCUT2D eigenvalue weighted by molar-refractivity contribution is -0.139. The van der Waals surface area contributed by atoms with Gasteiger partial charge in [0.05, 0.1) is 6.42 Å². The molecule has 1 aliphatic heterocycles. The Hall–Kier alpha value is -1.63. The van der Waals surface area contributed by atoms with Crippen molar-refractivity contribution in [2.75, 3.05) is 6.79 Å². The van der Waals surface area contributed by atoms with Gasteiger partial charge < -0.3 is 19.9 Å². The SMILES string of the molecule is CC(CC(F)(F)F)NCc1cc2c(cc1O)OCO2. The molecule has 19 heavy (non-hydrogen) atoms. The second kappa shape index (κ2) is 5.16. The van der Waals surface area contributed by atoms with Gasteiger partial charge in [-0.15, -0.1) is 0 Å². The van der Waals surface area contributed by atoms with Crippen LogP contribution in [0.3, 0.4) is 0 Å². The number of halogens is 3. The van der Waals surface area contributed by atoms with Crippen LogP contribution in [0.4, 0.5) is 13.2 Å². The van der Waals surface area contributed by atoms with Crippen LogP contribution >= 0.6 is 0 Å². The molecule has 1 unspecified atom stereocenters. The summed E-state index contributed by atoms with van der Waals surface area (Å²) < 4.78 is 46.7. The molecule has 7 heteroatoms. The lowest BCUT2D eigenvalue weighted by atomic mass is 10.1. The average molecular weight is 277 g/mol. The Morgan fingerprint density at radius 1 is 1.32 bits per heavy atom. The zero-order valence-electron chi connectivity index (χ0n) is 10.3. The van der Waals surface area contributed by atoms with Gasteiger partial charge in [0.1, 0.15) is 5.75 Å². The Morgan fingerprint density at radius 2 is 1.95 bits per heavy atom. The summed E-state index contributed by atoms with van der Waals surface area (Å²) in [7, 11) is 0. The van der Waals surface area contributed by atoms with Gasteiger partial charge in [0.2, 0.25) is 6.79 Å². The third kappa shape index (κ3) is 3.66. The van der Waals surface area contributed by atoms with E-state index in [2.05, 4.69) is 5.32 Å². The summed E-state index contributed by atoms with van der Waals surface area (Å²) in [4.78, 5) is 0. The summed E-state index contributed by atoms with van der Waals surface area (Å²) in [6.07, 6.45) is -5.12. The molecule has 0 saturated carbocycles. The fourth-order valence-electron chi connectivity index (χ4n) is 1.82. The number of phenols is 1. The maximum absolute atomic E-state index is 12.2. The third-order valence-electron chi connectivity index (χ3n) is 2.75. The van der Waals surface area contributed by atoms with Crippen molar-refractivity contribution in [3.63, 3.8) is 0 Å². The van der Waals surface area contributed by atoms with Crippen molar-refractivity contribution >= 4 is 0 Å². The summed E-state index contributed by atoms with van der Waals surface area (Å²) in [5.74, 6) is 0.888. The lowest BCUT2D eigenvalue weighted by Crippen LogP contribution is -2.30. The summed E-state index contributed by atoms with van der Waals surface area (Å²) in [5.41, 5.74) is 0.471. The fraction of sp³-hybridized carbons (Fsp3) is 0.500. The molecular formula is C12H14F3NO3. The first-order valence-corrected chi connectivity index (χ1v) is 5.77. The largest absolute Gasteiger partial charge is 0.507 e. The Kier molecular flexibility index (Phi) is 3.75. The first-order chi connectivity index (χ1) is 8.85. The van der Waals surface area contributed by atoms with Crippen molar-refractivity contribution in [1.29, 1.82) is 0 Å². The summed E-state index contributed by atoms with van der Waals surface area (Å²) >= 11 is 0. The van der Waals surface area contributed by atoms with E-state index in [1.54, 1.807) is 6.07 Å². The van der Waals surface area contributed by atoms with E-state index in [0.29, 0.717) is 17.1 Å². The normalized spacial score (nSPS) is 15.6. The standard InChI is InChI=1S/C12H14F3NO3/c1-7(4-12(13,14)15)16-5-8-2-10-11(3-9(8)17)19-6-18-10/h2-3,7,16-17H,4-6H2,1H3. The highest BCUT2D eigenvalue weighted by atomic mass is 19.4. The molecule has 0 aliphatic carbocycles. The van der Waals surface area contributed by atoms with E-state index in [4.69, 9.17) is 9.47 Å². The average Bonchev–Trinajstić information content (AvgIpc) is 2.70. The minimum absolute atomic E-state index is 0.0315. The van der Waals surface area contributed by atoms with Crippen LogP contribution in [0.25, 0.3) is 0 Å². The highest BCUT2D eigenvalue weighted by Gasteiger charge is 2.29. The fourth-order valence-corrected chi connectivity index (χ4v) is 1.82. The molecule has 1 aromatic carbocycles. The maximum Gasteiger partial charge on any atom is 0.390 e. The number of phenolic OH excluding ortho intramolecular Hbond substituents is 1. The van der Waals surface area contributed by atoms with E-state index in [1.165, 1.54) is 13.0 Å². The van der Waals surface area contributed by atoms with E-state index in [9.17, 15) is 18.3 Å². The number of alkyl halides is 3. The molecule has 2 rings (SSSR count). The van der Waals surface area contributed by atoms with Crippen molar-refractivity contribution in [3.8, 4) is 17.2 Å². The molecule has 0 aromatic heterocycles. The molecule has 1 heterocycles. The molecule has 0 radical (unpaired) electrons. The van der Waals surface area contributed by atoms with Crippen LogP contribution in [0, 0.1) is 0 Å². The molecule has 0 fully saturated rings. The molecular weight excluding hydrogens is 263 g/mol. The van der Waals surface area contributed by atoms with Gasteiger partial charge in [-0.25, -0.2) is 0 Å². The van der Waals surface area contributed by atoms with Gasteiger partial charge in [0.15, 0.2) is 11.5 Å². The number of hydrogen-bond acceptors (Lipinski definition) is 4. The van der Waals surface area contributed by atoms with Crippen LogP contribution in [-0.4, -0.2) is 24.1 Å². The van der Waals surface area contributed by atoms with Crippen molar-refractivity contribution in [2.24, 2.45) is 0 Å². The summed E-state index contributed by atoms with van der Waals surface area (Å²) in [6.45, 7) is 1.65. The second-order valence-electron chi connectivity index (χ2n) is 4.44. The first kappa shape index (κ1) is 13.8. The quantitative estimate of drug-likeness (QED) is 0.888. The second-order valence-corrected chi connectivity index (χ2v) is 4.44. The highest BCUT2D eigenvalue weighted by molar-refractivity contribution is 5.51. The van der Waals surface area contributed by atoms with Crippen LogP contribution in [-0.2, 0) is 6.54 Å². The van der Waals surface area contributed by atoms with Gasteiger partial charge in [0.25, 0.3) is 0 Å². The highest BCUT2D eigenvalue weighted by Crippen LogP contribution is 2.37. The van der Waals surface area contributed by atoms with E-state index >= 15 is 0 Å². The molecule has 1 aliphatic rings. The number of ether oxygens (including phenoxy) is 2. The van der Waals surface area contributed by atoms with E-state index in [1.807, 2.05) is 0 Å². The van der Waals surface area contributed by atoms with Crippen molar-refractivity contribution in [1.82, 2.24) is 5.32 Å². The van der Waals surface area contributed by atoms with Crippen LogP contribution in [0.1, 0.15) is 18.9 Å². The van der Waals surface area contributed by atoms with Gasteiger partial charge in [-0.05, 0) is 13.0 Å². The number of nitrogens with one attached hydrogen (secondary N) is 1. The predicted molar refractivity (Wildman–Crippen MR) is 61.2 cm³/mol. The third-order valence-corrected chi connectivity index (χ3v) is 2.75. The summed E-state index contributed by atoms with van der Waals surface area (Å²) in [6, 6.07) is 2.23. The van der Waals surface area contributed by atoms with Crippen LogP contribution < -0.4 is 14.8 Å². The Morgan fingerprint density at radius 3 is 2.58 bits per heavy atom. The molecule has 0 amide bonds. The number of rotatable bonds is 4. The number of fused-ring (bicyclic) bond motifs is 1. The molecule has 4 nitrogen and oxygen atoms in total. The molecule has 0 spiro atoms. The lowest BCUT2D eigenvalue weighted by Gasteiger charge is -2.16. The summed E-state index contributed by atoms with van der Waals surface area (Å²) in [5, 5.41) is 12.4. The van der Waals surface area contributed by atoms with Crippen molar-refractivity contribution < 1.29 is 27.8 Å². The minimum atomic E-state index is -4.21. The zero-order chi connectivity index (χ0) is 14.0. The Labute approximate surface area is 108 Å². The zero-order valence-corrected chi connectivity index (χ0v) is 10.3. The van der Waals surface area contributed by atoms with E-state index in [0.717, 1.165) is 0 Å². The molecule has 0 bridgehead atoms. The van der Waals surface area contributed by atoms with Gasteiger partial charge in [-0.1, -0.05) is 0 Å². The molecule has 1 atom stereocenters. The molecule has 106 valence electrons. The Bertz CT molecular complexity index is 462. The maximum atomic E-state index is 12.2. The Balaban J connectivity index is 1.96. The van der Waals surface area contributed by atoms with Crippen molar-refractivity contribution in [3.05, 3.63) is 17.7 Å². The van der Waals surface area contributed by atoms with Crippen molar-refractivity contribution in [2.45, 2.75) is 32.1 Å². The van der Waals surface area contributed by atoms with Gasteiger partial charge >= 0.3 is 6.18 Å². The van der Waals surface area contributed by atoms with E-state index < -0.39 is 18.6 Å². The number of aromatic hydroxyl groups is 1. The van der Waals surface area contributed by atoms with Crippen LogP contribution in [0.15, 0.2) is 12.1 Å². The number of hydrogen-bond donors (Lipinski definition) is 2.